The van der Waals surface area contributed by atoms with Crippen LogP contribution in [0.5, 0.6) is 11.5 Å². The molecule has 2 aromatic heterocycles. The number of hydrogen-bond donors (Lipinski definition) is 1. The Labute approximate surface area is 256 Å². The first kappa shape index (κ1) is 30.2. The highest BCUT2D eigenvalue weighted by Gasteiger charge is 2.14. The fraction of sp³-hybridized carbons (Fsp3) is 0.125. The maximum absolute atomic E-state index is 12.6. The SMILES string of the molecule is Cc1ccc(C)n1-c1ccc(OCc2ccc(C(=O)N/N=C/c3cc([N+](=O)[O-])ccc3OCc3cccc([N+](=O)[O-])c3)o2)cc1. The molecule has 0 aliphatic carbocycles. The summed E-state index contributed by atoms with van der Waals surface area (Å²) in [5.74, 6) is 0.605. The molecule has 1 N–H and O–H groups in total. The molecule has 0 saturated carbocycles. The third-order valence-corrected chi connectivity index (χ3v) is 6.72. The van der Waals surface area contributed by atoms with Crippen LogP contribution in [-0.4, -0.2) is 26.5 Å². The van der Waals surface area contributed by atoms with Crippen molar-refractivity contribution in [2.75, 3.05) is 0 Å². The molecule has 0 spiro atoms. The van der Waals surface area contributed by atoms with Crippen LogP contribution in [0, 0.1) is 34.1 Å². The topological polar surface area (TPSA) is 164 Å². The molecule has 0 aliphatic rings. The van der Waals surface area contributed by atoms with Crippen molar-refractivity contribution in [1.29, 1.82) is 0 Å². The summed E-state index contributed by atoms with van der Waals surface area (Å²) >= 11 is 0. The lowest BCUT2D eigenvalue weighted by Crippen LogP contribution is -2.17. The maximum Gasteiger partial charge on any atom is 0.307 e. The second-order valence-corrected chi connectivity index (χ2v) is 9.89. The fourth-order valence-electron chi connectivity index (χ4n) is 4.52. The van der Waals surface area contributed by atoms with Gasteiger partial charge >= 0.3 is 5.91 Å². The average Bonchev–Trinajstić information content (AvgIpc) is 3.65. The van der Waals surface area contributed by atoms with E-state index in [-0.39, 0.29) is 41.7 Å². The summed E-state index contributed by atoms with van der Waals surface area (Å²) in [6, 6.07) is 24.6. The van der Waals surface area contributed by atoms with E-state index in [1.54, 1.807) is 12.1 Å². The van der Waals surface area contributed by atoms with Gasteiger partial charge in [0.2, 0.25) is 0 Å². The molecule has 5 rings (SSSR count). The minimum atomic E-state index is -0.649. The normalized spacial score (nSPS) is 11.0. The highest BCUT2D eigenvalue weighted by atomic mass is 16.6. The fourth-order valence-corrected chi connectivity index (χ4v) is 4.52. The van der Waals surface area contributed by atoms with Crippen LogP contribution < -0.4 is 14.9 Å². The molecule has 3 aromatic carbocycles. The maximum atomic E-state index is 12.6. The molecule has 0 saturated heterocycles. The molecule has 0 aliphatic heterocycles. The van der Waals surface area contributed by atoms with E-state index in [4.69, 9.17) is 13.9 Å². The van der Waals surface area contributed by atoms with E-state index in [9.17, 15) is 25.0 Å². The number of aromatic nitrogens is 1. The van der Waals surface area contributed by atoms with Crippen LogP contribution in [0.3, 0.4) is 0 Å². The van der Waals surface area contributed by atoms with Crippen LogP contribution in [0.4, 0.5) is 11.4 Å². The Morgan fingerprint density at radius 2 is 1.58 bits per heavy atom. The van der Waals surface area contributed by atoms with Gasteiger partial charge in [-0.2, -0.15) is 5.10 Å². The second kappa shape index (κ2) is 13.4. The number of nitrogens with zero attached hydrogens (tertiary/aromatic N) is 4. The van der Waals surface area contributed by atoms with E-state index in [0.717, 1.165) is 17.1 Å². The Morgan fingerprint density at radius 3 is 2.29 bits per heavy atom. The number of rotatable bonds is 12. The van der Waals surface area contributed by atoms with Gasteiger partial charge in [-0.05, 0) is 74.0 Å². The molecule has 0 fully saturated rings. The van der Waals surface area contributed by atoms with Crippen LogP contribution in [0.25, 0.3) is 5.69 Å². The van der Waals surface area contributed by atoms with Gasteiger partial charge in [-0.15, -0.1) is 0 Å². The van der Waals surface area contributed by atoms with Crippen molar-refractivity contribution in [3.8, 4) is 17.2 Å². The summed E-state index contributed by atoms with van der Waals surface area (Å²) in [6.07, 6.45) is 1.20. The summed E-state index contributed by atoms with van der Waals surface area (Å²) in [5, 5.41) is 26.3. The average molecular weight is 610 g/mol. The molecule has 13 nitrogen and oxygen atoms in total. The van der Waals surface area contributed by atoms with Gasteiger partial charge in [0.05, 0.1) is 16.1 Å². The Kier molecular flexibility index (Phi) is 8.99. The lowest BCUT2D eigenvalue weighted by Gasteiger charge is -2.10. The first-order chi connectivity index (χ1) is 21.7. The van der Waals surface area contributed by atoms with Crippen molar-refractivity contribution in [1.82, 2.24) is 9.99 Å². The zero-order valence-electron chi connectivity index (χ0n) is 24.2. The number of aryl methyl sites for hydroxylation is 2. The number of carbonyl (C=O) groups is 1. The zero-order chi connectivity index (χ0) is 31.9. The Morgan fingerprint density at radius 1 is 0.867 bits per heavy atom. The Bertz CT molecular complexity index is 1870. The highest BCUT2D eigenvalue weighted by molar-refractivity contribution is 5.93. The molecule has 228 valence electrons. The summed E-state index contributed by atoms with van der Waals surface area (Å²) < 4.78 is 19.3. The van der Waals surface area contributed by atoms with Crippen LogP contribution in [0.2, 0.25) is 0 Å². The zero-order valence-corrected chi connectivity index (χ0v) is 24.2. The van der Waals surface area contributed by atoms with Crippen molar-refractivity contribution in [2.24, 2.45) is 5.10 Å². The van der Waals surface area contributed by atoms with Gasteiger partial charge in [0.15, 0.2) is 5.76 Å². The van der Waals surface area contributed by atoms with Crippen LogP contribution >= 0.6 is 0 Å². The van der Waals surface area contributed by atoms with E-state index in [2.05, 4.69) is 27.2 Å². The molecule has 2 heterocycles. The molecule has 5 aromatic rings. The second-order valence-electron chi connectivity index (χ2n) is 9.89. The summed E-state index contributed by atoms with van der Waals surface area (Å²) in [7, 11) is 0. The lowest BCUT2D eigenvalue weighted by atomic mass is 10.2. The summed E-state index contributed by atoms with van der Waals surface area (Å²) in [5.41, 5.74) is 6.02. The van der Waals surface area contributed by atoms with Gasteiger partial charge in [-0.3, -0.25) is 25.0 Å². The van der Waals surface area contributed by atoms with Crippen LogP contribution in [0.1, 0.15) is 38.8 Å². The minimum absolute atomic E-state index is 0.0131. The third kappa shape index (κ3) is 7.40. The Balaban J connectivity index is 1.19. The van der Waals surface area contributed by atoms with Crippen molar-refractivity contribution in [3.05, 3.63) is 145 Å². The van der Waals surface area contributed by atoms with Gasteiger partial charge in [-0.25, -0.2) is 5.43 Å². The van der Waals surface area contributed by atoms with Crippen LogP contribution in [-0.2, 0) is 13.2 Å². The van der Waals surface area contributed by atoms with Gasteiger partial charge < -0.3 is 18.5 Å². The number of hydrogen-bond acceptors (Lipinski definition) is 9. The number of nitrogens with one attached hydrogen (secondary N) is 1. The van der Waals surface area contributed by atoms with Crippen molar-refractivity contribution < 1.29 is 28.5 Å². The van der Waals surface area contributed by atoms with Crippen molar-refractivity contribution in [3.63, 3.8) is 0 Å². The third-order valence-electron chi connectivity index (χ3n) is 6.72. The number of nitro benzene ring substituents is 2. The number of hydrazone groups is 1. The molecule has 1 amide bonds. The lowest BCUT2D eigenvalue weighted by molar-refractivity contribution is -0.385. The number of amides is 1. The summed E-state index contributed by atoms with van der Waals surface area (Å²) in [6.45, 7) is 4.13. The van der Waals surface area contributed by atoms with Crippen molar-refractivity contribution in [2.45, 2.75) is 27.1 Å². The minimum Gasteiger partial charge on any atom is -0.488 e. The number of benzene rings is 3. The Hall–Kier alpha value is -6.24. The number of carbonyl (C=O) groups excluding carboxylic acids is 1. The molecule has 0 atom stereocenters. The monoisotopic (exact) mass is 609 g/mol. The van der Waals surface area contributed by atoms with E-state index in [0.29, 0.717) is 17.1 Å². The van der Waals surface area contributed by atoms with E-state index < -0.39 is 15.8 Å². The van der Waals surface area contributed by atoms with Gasteiger partial charge in [0.25, 0.3) is 11.4 Å². The van der Waals surface area contributed by atoms with Crippen molar-refractivity contribution >= 4 is 23.5 Å². The number of non-ortho nitro benzene ring substituents is 2. The van der Waals surface area contributed by atoms with Gasteiger partial charge in [0, 0.05) is 46.9 Å². The largest absolute Gasteiger partial charge is 0.488 e. The summed E-state index contributed by atoms with van der Waals surface area (Å²) in [4.78, 5) is 33.9. The van der Waals surface area contributed by atoms with Crippen LogP contribution in [0.15, 0.2) is 101 Å². The van der Waals surface area contributed by atoms with Gasteiger partial charge in [0.1, 0.15) is 30.5 Å². The molecule has 0 radical (unpaired) electrons. The van der Waals surface area contributed by atoms with E-state index in [1.807, 2.05) is 38.1 Å². The predicted octanol–water partition coefficient (Wildman–Crippen LogP) is 6.43. The molecular formula is C32H27N5O8. The number of nitro groups is 2. The quantitative estimate of drug-likeness (QED) is 0.0961. The van der Waals surface area contributed by atoms with E-state index >= 15 is 0 Å². The smallest absolute Gasteiger partial charge is 0.307 e. The number of furan rings is 1. The standard InChI is InChI=1S/C32H27N5O8/c1-21-6-7-22(2)35(21)25-8-11-28(12-9-25)43-20-29-13-15-31(45-29)32(38)34-33-18-24-17-27(37(41)42)10-14-30(24)44-19-23-4-3-5-26(16-23)36(39)40/h3-18H,19-20H2,1-2H3,(H,34,38)/b33-18+. The molecule has 45 heavy (non-hydrogen) atoms. The van der Waals surface area contributed by atoms with Gasteiger partial charge in [-0.1, -0.05) is 12.1 Å². The molecular weight excluding hydrogens is 582 g/mol. The predicted molar refractivity (Wildman–Crippen MR) is 164 cm³/mol. The first-order valence-electron chi connectivity index (χ1n) is 13.6. The number of ether oxygens (including phenoxy) is 2. The molecule has 0 bridgehead atoms. The molecule has 0 unspecified atom stereocenters. The highest BCUT2D eigenvalue weighted by Crippen LogP contribution is 2.25. The molecule has 13 heteroatoms. The first-order valence-corrected chi connectivity index (χ1v) is 13.6. The van der Waals surface area contributed by atoms with E-state index in [1.165, 1.54) is 48.7 Å².